The largest absolute Gasteiger partial charge is 0.433 e. The second-order valence-corrected chi connectivity index (χ2v) is 5.06. The van der Waals surface area contributed by atoms with E-state index in [4.69, 9.17) is 23.2 Å². The third kappa shape index (κ3) is 2.52. The van der Waals surface area contributed by atoms with Crippen LogP contribution in [0.5, 0.6) is 0 Å². The van der Waals surface area contributed by atoms with E-state index in [-0.39, 0.29) is 16.1 Å². The van der Waals surface area contributed by atoms with Crippen molar-refractivity contribution in [3.63, 3.8) is 0 Å². The van der Waals surface area contributed by atoms with Gasteiger partial charge in [-0.15, -0.1) is 0 Å². The number of aromatic nitrogens is 1. The molecule has 0 bridgehead atoms. The standard InChI is InChI=1S/C13H11Cl2F3N2/c1-3-19-10-6(2)12(13(16,17)18)20-11-8(15)5-4-7(14)9(10)11/h4-5H,3H2,1-2H3,(H,19,20). The zero-order valence-corrected chi connectivity index (χ0v) is 12.2. The molecule has 0 unspecified atom stereocenters. The highest BCUT2D eigenvalue weighted by Gasteiger charge is 2.36. The number of hydrogen-bond acceptors (Lipinski definition) is 2. The van der Waals surface area contributed by atoms with Gasteiger partial charge in [0.1, 0.15) is 5.69 Å². The molecule has 1 aromatic heterocycles. The molecule has 20 heavy (non-hydrogen) atoms. The molecular weight excluding hydrogens is 312 g/mol. The second-order valence-electron chi connectivity index (χ2n) is 4.24. The molecule has 1 aromatic carbocycles. The monoisotopic (exact) mass is 322 g/mol. The maximum Gasteiger partial charge on any atom is 0.433 e. The molecule has 2 rings (SSSR count). The molecule has 7 heteroatoms. The van der Waals surface area contributed by atoms with Gasteiger partial charge in [-0.1, -0.05) is 23.2 Å². The summed E-state index contributed by atoms with van der Waals surface area (Å²) in [4.78, 5) is 3.67. The second kappa shape index (κ2) is 5.30. The first kappa shape index (κ1) is 15.2. The number of anilines is 1. The molecule has 0 aliphatic rings. The van der Waals surface area contributed by atoms with E-state index in [9.17, 15) is 13.2 Å². The highest BCUT2D eigenvalue weighted by molar-refractivity contribution is 6.41. The average Bonchev–Trinajstić information content (AvgIpc) is 2.35. The lowest BCUT2D eigenvalue weighted by Crippen LogP contribution is -2.13. The maximum atomic E-state index is 13.1. The summed E-state index contributed by atoms with van der Waals surface area (Å²) >= 11 is 12.0. The van der Waals surface area contributed by atoms with Gasteiger partial charge < -0.3 is 5.32 Å². The highest BCUT2D eigenvalue weighted by Crippen LogP contribution is 2.41. The Labute approximate surface area is 123 Å². The molecule has 1 heterocycles. The highest BCUT2D eigenvalue weighted by atomic mass is 35.5. The fraction of sp³-hybridized carbons (Fsp3) is 0.308. The van der Waals surface area contributed by atoms with Gasteiger partial charge in [0.05, 0.1) is 21.2 Å². The Morgan fingerprint density at radius 2 is 1.80 bits per heavy atom. The summed E-state index contributed by atoms with van der Waals surface area (Å²) in [7, 11) is 0. The Hall–Kier alpha value is -1.20. The van der Waals surface area contributed by atoms with Crippen LogP contribution in [0.2, 0.25) is 10.0 Å². The van der Waals surface area contributed by atoms with E-state index < -0.39 is 11.9 Å². The molecule has 0 radical (unpaired) electrons. The van der Waals surface area contributed by atoms with E-state index in [1.807, 2.05) is 0 Å². The van der Waals surface area contributed by atoms with Crippen LogP contribution in [0.3, 0.4) is 0 Å². The van der Waals surface area contributed by atoms with Gasteiger partial charge in [0, 0.05) is 17.5 Å². The zero-order valence-electron chi connectivity index (χ0n) is 10.7. The van der Waals surface area contributed by atoms with Gasteiger partial charge >= 0.3 is 6.18 Å². The third-order valence-corrected chi connectivity index (χ3v) is 3.52. The Morgan fingerprint density at radius 1 is 1.20 bits per heavy atom. The fourth-order valence-corrected chi connectivity index (χ4v) is 2.51. The van der Waals surface area contributed by atoms with Crippen molar-refractivity contribution >= 4 is 39.8 Å². The van der Waals surface area contributed by atoms with Crippen molar-refractivity contribution in [3.05, 3.63) is 33.4 Å². The molecule has 0 aliphatic carbocycles. The van der Waals surface area contributed by atoms with Gasteiger partial charge in [0.2, 0.25) is 0 Å². The number of nitrogens with one attached hydrogen (secondary N) is 1. The van der Waals surface area contributed by atoms with Crippen LogP contribution in [0.25, 0.3) is 10.9 Å². The molecule has 2 nitrogen and oxygen atoms in total. The van der Waals surface area contributed by atoms with Gasteiger partial charge in [-0.25, -0.2) is 4.98 Å². The van der Waals surface area contributed by atoms with Crippen molar-refractivity contribution in [3.8, 4) is 0 Å². The molecular formula is C13H11Cl2F3N2. The molecule has 0 amide bonds. The first-order valence-corrected chi connectivity index (χ1v) is 6.62. The van der Waals surface area contributed by atoms with Crippen LogP contribution in [-0.4, -0.2) is 11.5 Å². The average molecular weight is 323 g/mol. The molecule has 0 spiro atoms. The fourth-order valence-electron chi connectivity index (χ4n) is 2.06. The molecule has 1 N–H and O–H groups in total. The van der Waals surface area contributed by atoms with E-state index >= 15 is 0 Å². The van der Waals surface area contributed by atoms with Gasteiger partial charge in [-0.05, 0) is 26.0 Å². The van der Waals surface area contributed by atoms with Gasteiger partial charge in [-0.2, -0.15) is 13.2 Å². The molecule has 108 valence electrons. The topological polar surface area (TPSA) is 24.9 Å². The van der Waals surface area contributed by atoms with E-state index in [2.05, 4.69) is 10.3 Å². The zero-order chi connectivity index (χ0) is 15.1. The predicted molar refractivity (Wildman–Crippen MR) is 75.7 cm³/mol. The minimum atomic E-state index is -4.55. The van der Waals surface area contributed by atoms with Crippen molar-refractivity contribution in [1.29, 1.82) is 0 Å². The smallest absolute Gasteiger partial charge is 0.384 e. The summed E-state index contributed by atoms with van der Waals surface area (Å²) in [5.74, 6) is 0. The van der Waals surface area contributed by atoms with E-state index in [0.717, 1.165) is 0 Å². The first-order chi connectivity index (χ1) is 9.27. The van der Waals surface area contributed by atoms with Crippen LogP contribution in [0.1, 0.15) is 18.2 Å². The van der Waals surface area contributed by atoms with Crippen molar-refractivity contribution in [2.75, 3.05) is 11.9 Å². The number of halogens is 5. The van der Waals surface area contributed by atoms with Crippen molar-refractivity contribution in [2.45, 2.75) is 20.0 Å². The van der Waals surface area contributed by atoms with Crippen molar-refractivity contribution < 1.29 is 13.2 Å². The Kier molecular flexibility index (Phi) is 4.02. The molecule has 0 saturated heterocycles. The summed E-state index contributed by atoms with van der Waals surface area (Å²) in [6.45, 7) is 3.61. The Bertz CT molecular complexity index is 669. The quantitative estimate of drug-likeness (QED) is 0.811. The summed E-state index contributed by atoms with van der Waals surface area (Å²) in [6, 6.07) is 2.98. The van der Waals surface area contributed by atoms with E-state index in [1.54, 1.807) is 13.0 Å². The summed E-state index contributed by atoms with van der Waals surface area (Å²) < 4.78 is 39.2. The third-order valence-electron chi connectivity index (χ3n) is 2.90. The number of rotatable bonds is 2. The number of fused-ring (bicyclic) bond motifs is 1. The van der Waals surface area contributed by atoms with E-state index in [0.29, 0.717) is 22.6 Å². The summed E-state index contributed by atoms with van der Waals surface area (Å²) in [5, 5.41) is 3.77. The SMILES string of the molecule is CCNc1c(C)c(C(F)(F)F)nc2c(Cl)ccc(Cl)c12. The molecule has 0 aliphatic heterocycles. The summed E-state index contributed by atoms with van der Waals surface area (Å²) in [6.07, 6.45) is -4.55. The Balaban J connectivity index is 2.95. The van der Waals surface area contributed by atoms with E-state index in [1.165, 1.54) is 13.0 Å². The van der Waals surface area contributed by atoms with Crippen LogP contribution in [0.4, 0.5) is 18.9 Å². The maximum absolute atomic E-state index is 13.1. The van der Waals surface area contributed by atoms with Crippen LogP contribution >= 0.6 is 23.2 Å². The van der Waals surface area contributed by atoms with Crippen LogP contribution < -0.4 is 5.32 Å². The lowest BCUT2D eigenvalue weighted by atomic mass is 10.1. The lowest BCUT2D eigenvalue weighted by Gasteiger charge is -2.18. The van der Waals surface area contributed by atoms with Crippen molar-refractivity contribution in [2.24, 2.45) is 0 Å². The minimum absolute atomic E-state index is 0.0102. The summed E-state index contributed by atoms with van der Waals surface area (Å²) in [5.41, 5.74) is -0.577. The van der Waals surface area contributed by atoms with Crippen molar-refractivity contribution in [1.82, 2.24) is 4.98 Å². The van der Waals surface area contributed by atoms with Gasteiger partial charge in [-0.3, -0.25) is 0 Å². The number of alkyl halides is 3. The number of pyridine rings is 1. The Morgan fingerprint density at radius 3 is 2.35 bits per heavy atom. The van der Waals surface area contributed by atoms with Crippen LogP contribution in [0.15, 0.2) is 12.1 Å². The molecule has 2 aromatic rings. The molecule has 0 saturated carbocycles. The van der Waals surface area contributed by atoms with Gasteiger partial charge in [0.15, 0.2) is 0 Å². The van der Waals surface area contributed by atoms with Crippen LogP contribution in [0, 0.1) is 6.92 Å². The molecule has 0 fully saturated rings. The normalized spacial score (nSPS) is 11.9. The lowest BCUT2D eigenvalue weighted by molar-refractivity contribution is -0.141. The number of nitrogens with zero attached hydrogens (tertiary/aromatic N) is 1. The van der Waals surface area contributed by atoms with Gasteiger partial charge in [0.25, 0.3) is 0 Å². The van der Waals surface area contributed by atoms with Crippen LogP contribution in [-0.2, 0) is 6.18 Å². The first-order valence-electron chi connectivity index (χ1n) is 5.86. The predicted octanol–water partition coefficient (Wildman–Crippen LogP) is 5.30. The minimum Gasteiger partial charge on any atom is -0.384 e. The number of benzene rings is 1. The molecule has 0 atom stereocenters. The number of hydrogen-bond donors (Lipinski definition) is 1.